The second-order valence-corrected chi connectivity index (χ2v) is 6.51. The lowest BCUT2D eigenvalue weighted by molar-refractivity contribution is -0.743. The molecule has 3 nitrogen and oxygen atoms in total. The minimum absolute atomic E-state index is 0.160. The van der Waals surface area contributed by atoms with Crippen molar-refractivity contribution in [3.8, 4) is 0 Å². The molecule has 0 saturated carbocycles. The number of carbonyl (C=O) groups is 2. The first-order valence-electron chi connectivity index (χ1n) is 5.45. The van der Waals surface area contributed by atoms with Crippen molar-refractivity contribution < 1.29 is 31.1 Å². The Bertz CT molecular complexity index is 590. The molecule has 88 valence electrons. The highest BCUT2D eigenvalue weighted by Gasteiger charge is 2.45. The first-order chi connectivity index (χ1) is 8.77. The predicted octanol–water partition coefficient (Wildman–Crippen LogP) is -0.844. The summed E-state index contributed by atoms with van der Waals surface area (Å²) in [5.74, 6) is -0.320. The van der Waals surface area contributed by atoms with Gasteiger partial charge in [0.2, 0.25) is 3.57 Å². The summed E-state index contributed by atoms with van der Waals surface area (Å²) >= 11 is -0.771. The van der Waals surface area contributed by atoms with Crippen molar-refractivity contribution >= 4 is 11.8 Å². The summed E-state index contributed by atoms with van der Waals surface area (Å²) in [5.41, 5.74) is 1.05. The molecule has 1 heterocycles. The van der Waals surface area contributed by atoms with Crippen LogP contribution in [0.4, 0.5) is 0 Å². The van der Waals surface area contributed by atoms with E-state index in [9.17, 15) is 9.59 Å². The Hall–Kier alpha value is -1.69. The van der Waals surface area contributed by atoms with Gasteiger partial charge in [-0.2, -0.15) is 0 Å². The first kappa shape index (κ1) is 11.4. The highest BCUT2D eigenvalue weighted by molar-refractivity contribution is 6.20. The molecule has 2 amide bonds. The number of halogens is 1. The largest absolute Gasteiger partial charge is 0.478 e. The molecule has 0 saturated heterocycles. The van der Waals surface area contributed by atoms with Crippen molar-refractivity contribution in [3.63, 3.8) is 0 Å². The number of carbonyl (C=O) groups excluding carboxylic acids is 2. The normalized spacial score (nSPS) is 13.9. The molecule has 0 aliphatic carbocycles. The summed E-state index contributed by atoms with van der Waals surface area (Å²) < 4.78 is 2.46. The average Bonchev–Trinajstić information content (AvgIpc) is 2.66. The summed E-state index contributed by atoms with van der Waals surface area (Å²) in [7, 11) is 0. The fraction of sp³-hybridized carbons (Fsp3) is 0. The fourth-order valence-corrected chi connectivity index (χ4v) is 4.06. The van der Waals surface area contributed by atoms with Gasteiger partial charge < -0.3 is 0 Å². The third-order valence-corrected chi connectivity index (χ3v) is 5.29. The summed E-state index contributed by atoms with van der Waals surface area (Å²) in [6, 6.07) is 16.7. The van der Waals surface area contributed by atoms with Gasteiger partial charge >= 0.3 is 33.3 Å². The number of rotatable bonds is 2. The monoisotopic (exact) mass is 350 g/mol. The Balaban J connectivity index is 1.93. The zero-order chi connectivity index (χ0) is 12.5. The smallest absolute Gasteiger partial charge is 0.265 e. The van der Waals surface area contributed by atoms with Crippen LogP contribution in [0.5, 0.6) is 0 Å². The van der Waals surface area contributed by atoms with E-state index in [1.165, 1.54) is 3.11 Å². The maximum atomic E-state index is 12.1. The highest BCUT2D eigenvalue weighted by Crippen LogP contribution is 2.18. The molecule has 0 unspecified atom stereocenters. The van der Waals surface area contributed by atoms with Crippen LogP contribution in [-0.4, -0.2) is 14.9 Å². The minimum Gasteiger partial charge on any atom is -0.265 e. The third kappa shape index (κ3) is 1.82. The zero-order valence-corrected chi connectivity index (χ0v) is 11.5. The average molecular weight is 350 g/mol. The molecule has 0 spiro atoms. The van der Waals surface area contributed by atoms with Gasteiger partial charge in [0, 0.05) is 0 Å². The Labute approximate surface area is 115 Å². The number of nitrogens with zero attached hydrogens (tertiary/aromatic N) is 1. The quantitative estimate of drug-likeness (QED) is 0.402. The van der Waals surface area contributed by atoms with Crippen molar-refractivity contribution in [2.75, 3.05) is 0 Å². The van der Waals surface area contributed by atoms with E-state index in [4.69, 9.17) is 0 Å². The third-order valence-electron chi connectivity index (χ3n) is 2.66. The maximum Gasteiger partial charge on any atom is 0.478 e. The van der Waals surface area contributed by atoms with Crippen molar-refractivity contribution in [2.24, 2.45) is 0 Å². The second-order valence-electron chi connectivity index (χ2n) is 3.82. The van der Waals surface area contributed by atoms with Crippen LogP contribution in [-0.2, 0) is 0 Å². The number of hydrogen-bond acceptors (Lipinski definition) is 2. The molecular weight excluding hydrogens is 341 g/mol. The van der Waals surface area contributed by atoms with E-state index in [1.807, 2.05) is 30.3 Å². The van der Waals surface area contributed by atoms with E-state index in [0.717, 1.165) is 3.57 Å². The van der Waals surface area contributed by atoms with Crippen molar-refractivity contribution in [3.05, 3.63) is 69.3 Å². The minimum atomic E-state index is -0.771. The van der Waals surface area contributed by atoms with E-state index in [0.29, 0.717) is 11.1 Å². The summed E-state index contributed by atoms with van der Waals surface area (Å²) in [6.45, 7) is 0. The van der Waals surface area contributed by atoms with Gasteiger partial charge in [0.1, 0.15) is 0 Å². The summed E-state index contributed by atoms with van der Waals surface area (Å²) in [4.78, 5) is 24.3. The van der Waals surface area contributed by atoms with Crippen LogP contribution in [0.15, 0.2) is 54.6 Å². The molecule has 0 fully saturated rings. The Morgan fingerprint density at radius 2 is 1.22 bits per heavy atom. The topological polar surface area (TPSA) is 37.4 Å². The molecule has 0 bridgehead atoms. The number of amides is 2. The standard InChI is InChI=1S/C14H9INO2/c17-13-11-8-4-5-9-12(11)14(18)16(13)15-10-6-2-1-3-7-10/h1-9H/q+1. The Morgan fingerprint density at radius 1 is 0.722 bits per heavy atom. The lowest BCUT2D eigenvalue weighted by Crippen LogP contribution is -3.67. The predicted molar refractivity (Wildman–Crippen MR) is 62.1 cm³/mol. The van der Waals surface area contributed by atoms with Crippen LogP contribution in [0.2, 0.25) is 0 Å². The van der Waals surface area contributed by atoms with Gasteiger partial charge in [-0.15, -0.1) is 0 Å². The molecule has 1 aliphatic heterocycles. The summed E-state index contributed by atoms with van der Waals surface area (Å²) in [6.07, 6.45) is 0. The van der Waals surface area contributed by atoms with Crippen LogP contribution < -0.4 is 21.5 Å². The van der Waals surface area contributed by atoms with E-state index >= 15 is 0 Å². The van der Waals surface area contributed by atoms with Gasteiger partial charge in [-0.1, -0.05) is 30.3 Å². The summed E-state index contributed by atoms with van der Waals surface area (Å²) in [5, 5.41) is 0. The van der Waals surface area contributed by atoms with Crippen molar-refractivity contribution in [1.29, 1.82) is 0 Å². The second kappa shape index (κ2) is 4.53. The van der Waals surface area contributed by atoms with Crippen LogP contribution >= 0.6 is 0 Å². The molecule has 0 atom stereocenters. The van der Waals surface area contributed by atoms with Crippen LogP contribution in [0, 0.1) is 3.57 Å². The van der Waals surface area contributed by atoms with Crippen molar-refractivity contribution in [2.45, 2.75) is 0 Å². The van der Waals surface area contributed by atoms with E-state index < -0.39 is 21.5 Å². The molecule has 0 aromatic heterocycles. The van der Waals surface area contributed by atoms with E-state index in [2.05, 4.69) is 0 Å². The Morgan fingerprint density at radius 3 is 1.78 bits per heavy atom. The maximum absolute atomic E-state index is 12.1. The molecule has 3 rings (SSSR count). The van der Waals surface area contributed by atoms with Gasteiger partial charge in [0.15, 0.2) is 0 Å². The van der Waals surface area contributed by atoms with Gasteiger partial charge in [-0.3, -0.25) is 9.59 Å². The number of hydrogen-bond donors (Lipinski definition) is 0. The molecule has 2 aromatic rings. The van der Waals surface area contributed by atoms with Crippen LogP contribution in [0.25, 0.3) is 0 Å². The fourth-order valence-electron chi connectivity index (χ4n) is 1.81. The number of benzene rings is 2. The molecular formula is C14H9INO2+. The molecule has 2 aromatic carbocycles. The van der Waals surface area contributed by atoms with Crippen molar-refractivity contribution in [1.82, 2.24) is 3.11 Å². The molecule has 1 aliphatic rings. The highest BCUT2D eigenvalue weighted by atomic mass is 127. The number of fused-ring (bicyclic) bond motifs is 1. The Kier molecular flexibility index (Phi) is 2.87. The van der Waals surface area contributed by atoms with Crippen LogP contribution in [0.3, 0.4) is 0 Å². The van der Waals surface area contributed by atoms with Crippen LogP contribution in [0.1, 0.15) is 20.7 Å². The number of imide groups is 1. The van der Waals surface area contributed by atoms with E-state index in [-0.39, 0.29) is 11.8 Å². The molecule has 4 heteroatoms. The molecule has 18 heavy (non-hydrogen) atoms. The lowest BCUT2D eigenvalue weighted by Gasteiger charge is -1.96. The van der Waals surface area contributed by atoms with E-state index in [1.54, 1.807) is 24.3 Å². The lowest BCUT2D eigenvalue weighted by atomic mass is 10.1. The van der Waals surface area contributed by atoms with Gasteiger partial charge in [-0.25, -0.2) is 0 Å². The SMILES string of the molecule is O=C1c2ccccc2C(=O)N1[I+]c1ccccc1. The first-order valence-corrected chi connectivity index (χ1v) is 7.50. The zero-order valence-electron chi connectivity index (χ0n) is 9.34. The van der Waals surface area contributed by atoms with Gasteiger partial charge in [0.05, 0.1) is 11.1 Å². The van der Waals surface area contributed by atoms with Gasteiger partial charge in [-0.05, 0) is 27.4 Å². The molecule has 0 N–H and O–H groups in total. The van der Waals surface area contributed by atoms with Gasteiger partial charge in [0.25, 0.3) is 0 Å². The molecule has 0 radical (unpaired) electrons.